The highest BCUT2D eigenvalue weighted by Gasteiger charge is 2.12. The van der Waals surface area contributed by atoms with Crippen LogP contribution in [0.25, 0.3) is 0 Å². The van der Waals surface area contributed by atoms with Gasteiger partial charge in [0.15, 0.2) is 6.61 Å². The monoisotopic (exact) mass is 465 g/mol. The van der Waals surface area contributed by atoms with Crippen LogP contribution in [0.15, 0.2) is 39.3 Å². The van der Waals surface area contributed by atoms with E-state index in [0.717, 1.165) is 14.5 Å². The molecule has 0 spiro atoms. The van der Waals surface area contributed by atoms with Gasteiger partial charge in [-0.2, -0.15) is 0 Å². The van der Waals surface area contributed by atoms with Crippen molar-refractivity contribution in [2.24, 2.45) is 0 Å². The van der Waals surface area contributed by atoms with Gasteiger partial charge in [0.2, 0.25) is 0 Å². The molecule has 0 radical (unpaired) electrons. The Morgan fingerprint density at radius 3 is 2.68 bits per heavy atom. The van der Waals surface area contributed by atoms with E-state index in [4.69, 9.17) is 27.9 Å². The van der Waals surface area contributed by atoms with Gasteiger partial charge >= 0.3 is 0 Å². The van der Waals surface area contributed by atoms with E-state index in [-0.39, 0.29) is 12.5 Å². The predicted molar refractivity (Wildman–Crippen MR) is 97.2 cm³/mol. The minimum atomic E-state index is -0.321. The lowest BCUT2D eigenvalue weighted by atomic mass is 10.2. The van der Waals surface area contributed by atoms with E-state index in [1.54, 1.807) is 18.2 Å². The molecule has 0 heterocycles. The molecule has 0 saturated heterocycles. The van der Waals surface area contributed by atoms with Crippen LogP contribution in [0.1, 0.15) is 5.56 Å². The number of amides is 1. The zero-order valence-corrected chi connectivity index (χ0v) is 16.1. The van der Waals surface area contributed by atoms with Crippen molar-refractivity contribution >= 4 is 66.7 Å². The molecular weight excluding hydrogens is 457 g/mol. The number of benzene rings is 2. The van der Waals surface area contributed by atoms with Crippen molar-refractivity contribution in [3.63, 3.8) is 0 Å². The molecule has 1 amide bonds. The molecule has 2 aromatic rings. The van der Waals surface area contributed by atoms with Crippen LogP contribution in [0.4, 0.5) is 5.69 Å². The third kappa shape index (κ3) is 4.38. The summed E-state index contributed by atoms with van der Waals surface area (Å²) in [6.45, 7) is 1.76. The summed E-state index contributed by atoms with van der Waals surface area (Å²) in [4.78, 5) is 12.0. The first kappa shape index (κ1) is 17.6. The van der Waals surface area contributed by atoms with Crippen LogP contribution in [0, 0.1) is 6.92 Å². The molecule has 0 atom stereocenters. The van der Waals surface area contributed by atoms with Crippen molar-refractivity contribution in [3.05, 3.63) is 54.9 Å². The summed E-state index contributed by atoms with van der Waals surface area (Å²) in [6.07, 6.45) is 0. The van der Waals surface area contributed by atoms with Crippen molar-refractivity contribution in [3.8, 4) is 5.75 Å². The van der Waals surface area contributed by atoms with Crippen LogP contribution in [-0.2, 0) is 4.79 Å². The second kappa shape index (κ2) is 7.68. The maximum absolute atomic E-state index is 12.0. The van der Waals surface area contributed by atoms with E-state index in [1.165, 1.54) is 0 Å². The van der Waals surface area contributed by atoms with Crippen molar-refractivity contribution in [1.82, 2.24) is 0 Å². The first-order chi connectivity index (χ1) is 10.4. The lowest BCUT2D eigenvalue weighted by Gasteiger charge is -2.12. The van der Waals surface area contributed by atoms with Crippen molar-refractivity contribution in [2.75, 3.05) is 11.9 Å². The molecule has 0 aliphatic rings. The molecule has 0 bridgehead atoms. The van der Waals surface area contributed by atoms with Gasteiger partial charge in [0, 0.05) is 4.47 Å². The number of carbonyl (C=O) groups excluding carboxylic acids is 1. The molecule has 116 valence electrons. The first-order valence-corrected chi connectivity index (χ1v) is 8.55. The normalized spacial score (nSPS) is 10.4. The van der Waals surface area contributed by atoms with Crippen molar-refractivity contribution < 1.29 is 9.53 Å². The lowest BCUT2D eigenvalue weighted by Crippen LogP contribution is -2.20. The Morgan fingerprint density at radius 2 is 2.00 bits per heavy atom. The Balaban J connectivity index is 2.03. The lowest BCUT2D eigenvalue weighted by molar-refractivity contribution is -0.118. The van der Waals surface area contributed by atoms with E-state index in [1.807, 2.05) is 19.1 Å². The number of ether oxygens (including phenoxy) is 1. The second-order valence-corrected chi connectivity index (χ2v) is 7.03. The average molecular weight is 468 g/mol. The molecule has 2 aromatic carbocycles. The van der Waals surface area contributed by atoms with E-state index >= 15 is 0 Å². The summed E-state index contributed by atoms with van der Waals surface area (Å²) in [7, 11) is 0. The molecule has 0 aliphatic heterocycles. The maximum Gasteiger partial charge on any atom is 0.262 e. The molecule has 0 aromatic heterocycles. The average Bonchev–Trinajstić information content (AvgIpc) is 2.42. The number of carbonyl (C=O) groups is 1. The third-order valence-corrected chi connectivity index (χ3v) is 4.63. The highest BCUT2D eigenvalue weighted by Crippen LogP contribution is 2.32. The highest BCUT2D eigenvalue weighted by molar-refractivity contribution is 9.11. The Bertz CT molecular complexity index is 700. The minimum absolute atomic E-state index is 0.135. The van der Waals surface area contributed by atoms with Gasteiger partial charge in [0.05, 0.1) is 20.2 Å². The molecule has 7 heteroatoms. The fourth-order valence-electron chi connectivity index (χ4n) is 1.80. The molecule has 0 saturated carbocycles. The number of aryl methyl sites for hydroxylation is 1. The molecule has 0 aliphatic carbocycles. The fraction of sp³-hybridized carbons (Fsp3) is 0.133. The molecule has 0 fully saturated rings. The Kier molecular flexibility index (Phi) is 6.15. The molecule has 3 nitrogen and oxygen atoms in total. The van der Waals surface area contributed by atoms with Gasteiger partial charge in [-0.05, 0) is 52.7 Å². The van der Waals surface area contributed by atoms with E-state index in [9.17, 15) is 4.79 Å². The van der Waals surface area contributed by atoms with Crippen LogP contribution in [0.5, 0.6) is 5.75 Å². The molecule has 22 heavy (non-hydrogen) atoms. The number of halogens is 4. The summed E-state index contributed by atoms with van der Waals surface area (Å²) in [6, 6.07) is 8.80. The molecular formula is C15H11Br2Cl2NO2. The standard InChI is InChI=1S/C15H11Br2Cl2NO2/c1-8-5-9(16)6-10(17)15(8)22-7-13(21)20-12-4-2-3-11(18)14(12)19/h2-6H,7H2,1H3,(H,20,21). The van der Waals surface area contributed by atoms with Gasteiger partial charge in [-0.25, -0.2) is 0 Å². The van der Waals surface area contributed by atoms with Crippen LogP contribution >= 0.6 is 55.1 Å². The summed E-state index contributed by atoms with van der Waals surface area (Å²) < 4.78 is 7.27. The number of anilines is 1. The zero-order chi connectivity index (χ0) is 16.3. The molecule has 1 N–H and O–H groups in total. The quantitative estimate of drug-likeness (QED) is 0.613. The highest BCUT2D eigenvalue weighted by atomic mass is 79.9. The van der Waals surface area contributed by atoms with Crippen LogP contribution < -0.4 is 10.1 Å². The minimum Gasteiger partial charge on any atom is -0.482 e. The molecule has 0 unspecified atom stereocenters. The Morgan fingerprint density at radius 1 is 1.27 bits per heavy atom. The molecule has 2 rings (SSSR count). The summed E-state index contributed by atoms with van der Waals surface area (Å²) in [5.41, 5.74) is 1.36. The number of nitrogens with one attached hydrogen (secondary N) is 1. The van der Waals surface area contributed by atoms with Crippen molar-refractivity contribution in [1.29, 1.82) is 0 Å². The topological polar surface area (TPSA) is 38.3 Å². The van der Waals surface area contributed by atoms with E-state index in [2.05, 4.69) is 37.2 Å². The van der Waals surface area contributed by atoms with Gasteiger partial charge in [0.1, 0.15) is 5.75 Å². The largest absolute Gasteiger partial charge is 0.482 e. The van der Waals surface area contributed by atoms with Gasteiger partial charge in [-0.15, -0.1) is 0 Å². The second-order valence-electron chi connectivity index (χ2n) is 4.47. The van der Waals surface area contributed by atoms with Crippen LogP contribution in [-0.4, -0.2) is 12.5 Å². The fourth-order valence-corrected chi connectivity index (χ4v) is 3.70. The predicted octanol–water partition coefficient (Wildman–Crippen LogP) is 5.84. The summed E-state index contributed by atoms with van der Waals surface area (Å²) >= 11 is 18.7. The Labute approximate surface area is 155 Å². The number of rotatable bonds is 4. The first-order valence-electron chi connectivity index (χ1n) is 6.21. The third-order valence-electron chi connectivity index (χ3n) is 2.77. The van der Waals surface area contributed by atoms with Crippen molar-refractivity contribution in [2.45, 2.75) is 6.92 Å². The zero-order valence-electron chi connectivity index (χ0n) is 11.4. The van der Waals surface area contributed by atoms with Crippen LogP contribution in [0.2, 0.25) is 10.0 Å². The van der Waals surface area contributed by atoms with Crippen LogP contribution in [0.3, 0.4) is 0 Å². The van der Waals surface area contributed by atoms with Gasteiger partial charge in [0.25, 0.3) is 5.91 Å². The van der Waals surface area contributed by atoms with Gasteiger partial charge < -0.3 is 10.1 Å². The van der Waals surface area contributed by atoms with Gasteiger partial charge in [-0.1, -0.05) is 45.2 Å². The van der Waals surface area contributed by atoms with E-state index < -0.39 is 0 Å². The summed E-state index contributed by atoms with van der Waals surface area (Å²) in [5.74, 6) is 0.300. The van der Waals surface area contributed by atoms with E-state index in [0.29, 0.717) is 21.5 Å². The SMILES string of the molecule is Cc1cc(Br)cc(Br)c1OCC(=O)Nc1cccc(Cl)c1Cl. The number of hydrogen-bond donors (Lipinski definition) is 1. The summed E-state index contributed by atoms with van der Waals surface area (Å²) in [5, 5.41) is 3.35. The maximum atomic E-state index is 12.0. The number of hydrogen-bond acceptors (Lipinski definition) is 2. The Hall–Kier alpha value is -0.750. The van der Waals surface area contributed by atoms with Gasteiger partial charge in [-0.3, -0.25) is 4.79 Å². The smallest absolute Gasteiger partial charge is 0.262 e.